The summed E-state index contributed by atoms with van der Waals surface area (Å²) in [6.07, 6.45) is 6.18. The van der Waals surface area contributed by atoms with Crippen molar-refractivity contribution in [3.63, 3.8) is 0 Å². The lowest BCUT2D eigenvalue weighted by Crippen LogP contribution is -2.55. The van der Waals surface area contributed by atoms with Crippen molar-refractivity contribution in [1.82, 2.24) is 15.1 Å². The van der Waals surface area contributed by atoms with Gasteiger partial charge in [0.2, 0.25) is 11.8 Å². The van der Waals surface area contributed by atoms with Gasteiger partial charge in [-0.15, -0.1) is 0 Å². The highest BCUT2D eigenvalue weighted by Crippen LogP contribution is 2.32. The van der Waals surface area contributed by atoms with Crippen LogP contribution in [0.1, 0.15) is 57.8 Å². The van der Waals surface area contributed by atoms with Crippen LogP contribution in [0.3, 0.4) is 0 Å². The topological polar surface area (TPSA) is 65.8 Å². The summed E-state index contributed by atoms with van der Waals surface area (Å²) in [7, 11) is 0. The van der Waals surface area contributed by atoms with E-state index in [1.807, 2.05) is 17.9 Å². The molecule has 0 radical (unpaired) electrons. The predicted molar refractivity (Wildman–Crippen MR) is 109 cm³/mol. The number of likely N-dealkylation sites (tertiary alicyclic amines) is 1. The van der Waals surface area contributed by atoms with E-state index in [2.05, 4.69) is 31.0 Å². The summed E-state index contributed by atoms with van der Waals surface area (Å²) in [5.74, 6) is 0.959. The fraction of sp³-hybridized carbons (Fsp3) is 0.727. The highest BCUT2D eigenvalue weighted by Gasteiger charge is 2.40. The van der Waals surface area contributed by atoms with Crippen molar-refractivity contribution in [2.75, 3.05) is 26.2 Å². The molecule has 1 atom stereocenters. The molecule has 1 aromatic rings. The molecule has 6 heteroatoms. The Kier molecular flexibility index (Phi) is 6.48. The molecule has 1 aliphatic carbocycles. The zero-order valence-electron chi connectivity index (χ0n) is 17.8. The van der Waals surface area contributed by atoms with Gasteiger partial charge in [-0.3, -0.25) is 14.5 Å². The molecule has 1 aliphatic heterocycles. The fourth-order valence-electron chi connectivity index (χ4n) is 4.07. The second-order valence-corrected chi connectivity index (χ2v) is 9.50. The van der Waals surface area contributed by atoms with E-state index in [1.165, 1.54) is 0 Å². The minimum absolute atomic E-state index is 0.0295. The molecule has 3 rings (SSSR count). The van der Waals surface area contributed by atoms with Crippen LogP contribution in [0.25, 0.3) is 0 Å². The third kappa shape index (κ3) is 5.60. The third-order valence-corrected chi connectivity index (χ3v) is 5.57. The molecule has 0 spiro atoms. The van der Waals surface area contributed by atoms with Gasteiger partial charge in [-0.2, -0.15) is 0 Å². The molecular weight excluding hydrogens is 354 g/mol. The molecule has 0 bridgehead atoms. The van der Waals surface area contributed by atoms with Crippen LogP contribution in [0.5, 0.6) is 0 Å². The Morgan fingerprint density at radius 1 is 1.32 bits per heavy atom. The Balaban J connectivity index is 1.52. The van der Waals surface area contributed by atoms with E-state index in [0.29, 0.717) is 12.6 Å². The van der Waals surface area contributed by atoms with Gasteiger partial charge in [-0.25, -0.2) is 0 Å². The first-order chi connectivity index (χ1) is 13.2. The van der Waals surface area contributed by atoms with Gasteiger partial charge in [-0.05, 0) is 49.7 Å². The van der Waals surface area contributed by atoms with E-state index in [4.69, 9.17) is 4.42 Å². The maximum atomic E-state index is 13.1. The summed E-state index contributed by atoms with van der Waals surface area (Å²) in [5, 5.41) is 3.00. The molecule has 0 aromatic carbocycles. The molecule has 2 aliphatic rings. The first-order valence-electron chi connectivity index (χ1n) is 10.6. The van der Waals surface area contributed by atoms with Crippen molar-refractivity contribution in [1.29, 1.82) is 0 Å². The van der Waals surface area contributed by atoms with Gasteiger partial charge in [0.05, 0.1) is 18.7 Å². The molecule has 1 unspecified atom stereocenters. The van der Waals surface area contributed by atoms with Crippen LogP contribution >= 0.6 is 0 Å². The average molecular weight is 390 g/mol. The van der Waals surface area contributed by atoms with E-state index in [-0.39, 0.29) is 29.7 Å². The van der Waals surface area contributed by atoms with Crippen LogP contribution in [-0.2, 0) is 16.0 Å². The van der Waals surface area contributed by atoms with Crippen LogP contribution in [0, 0.1) is 12.3 Å². The van der Waals surface area contributed by atoms with Gasteiger partial charge >= 0.3 is 0 Å². The number of hydrogen-bond donors (Lipinski definition) is 1. The van der Waals surface area contributed by atoms with Crippen molar-refractivity contribution in [3.05, 3.63) is 23.7 Å². The predicted octanol–water partition coefficient (Wildman–Crippen LogP) is 2.75. The summed E-state index contributed by atoms with van der Waals surface area (Å²) in [6.45, 7) is 11.4. The molecular formula is C22H35N3O3. The SMILES string of the molecule is Cc1ccoc1CC(=O)NCCN(C1CC1)C1CCCN(CC(C)(C)C)C1=O. The van der Waals surface area contributed by atoms with Crippen molar-refractivity contribution in [2.24, 2.45) is 5.41 Å². The zero-order valence-corrected chi connectivity index (χ0v) is 17.8. The Hall–Kier alpha value is -1.82. The van der Waals surface area contributed by atoms with E-state index in [1.54, 1.807) is 6.26 Å². The number of amides is 2. The highest BCUT2D eigenvalue weighted by molar-refractivity contribution is 5.83. The van der Waals surface area contributed by atoms with Crippen molar-refractivity contribution in [2.45, 2.75) is 71.9 Å². The quantitative estimate of drug-likeness (QED) is 0.742. The second kappa shape index (κ2) is 8.68. The Morgan fingerprint density at radius 2 is 2.07 bits per heavy atom. The van der Waals surface area contributed by atoms with E-state index >= 15 is 0 Å². The number of piperidine rings is 1. The maximum Gasteiger partial charge on any atom is 0.239 e. The minimum Gasteiger partial charge on any atom is -0.469 e. The monoisotopic (exact) mass is 389 g/mol. The summed E-state index contributed by atoms with van der Waals surface area (Å²) < 4.78 is 5.35. The lowest BCUT2D eigenvalue weighted by atomic mass is 9.93. The molecule has 1 saturated carbocycles. The average Bonchev–Trinajstić information content (AvgIpc) is 3.37. The van der Waals surface area contributed by atoms with Crippen molar-refractivity contribution >= 4 is 11.8 Å². The van der Waals surface area contributed by atoms with Gasteiger partial charge in [-0.1, -0.05) is 20.8 Å². The van der Waals surface area contributed by atoms with E-state index in [9.17, 15) is 9.59 Å². The standard InChI is InChI=1S/C22H35N3O3/c1-16-9-13-28-19(16)14-20(26)23-10-12-25(17-7-8-17)18-6-5-11-24(21(18)27)15-22(2,3)4/h9,13,17-18H,5-8,10-12,14-15H2,1-4H3,(H,23,26). The largest absolute Gasteiger partial charge is 0.469 e. The van der Waals surface area contributed by atoms with Crippen LogP contribution in [0.15, 0.2) is 16.7 Å². The van der Waals surface area contributed by atoms with Crippen molar-refractivity contribution < 1.29 is 14.0 Å². The van der Waals surface area contributed by atoms with Crippen LogP contribution in [0.4, 0.5) is 0 Å². The van der Waals surface area contributed by atoms with Crippen LogP contribution in [0.2, 0.25) is 0 Å². The Morgan fingerprint density at radius 3 is 2.68 bits per heavy atom. The van der Waals surface area contributed by atoms with Gasteiger partial charge < -0.3 is 14.6 Å². The number of nitrogens with one attached hydrogen (secondary N) is 1. The van der Waals surface area contributed by atoms with Gasteiger partial charge in [0.25, 0.3) is 0 Å². The number of aryl methyl sites for hydroxylation is 1. The van der Waals surface area contributed by atoms with Crippen LogP contribution in [-0.4, -0.2) is 59.9 Å². The van der Waals surface area contributed by atoms with Crippen LogP contribution < -0.4 is 5.32 Å². The number of carbonyl (C=O) groups excluding carboxylic acids is 2. The molecule has 1 aromatic heterocycles. The molecule has 2 heterocycles. The first-order valence-corrected chi connectivity index (χ1v) is 10.6. The zero-order chi connectivity index (χ0) is 20.3. The number of carbonyl (C=O) groups is 2. The van der Waals surface area contributed by atoms with Gasteiger partial charge in [0.15, 0.2) is 0 Å². The molecule has 6 nitrogen and oxygen atoms in total. The minimum atomic E-state index is -0.0344. The summed E-state index contributed by atoms with van der Waals surface area (Å²) >= 11 is 0. The summed E-state index contributed by atoms with van der Waals surface area (Å²) in [5.41, 5.74) is 1.11. The molecule has 1 N–H and O–H groups in total. The molecule has 1 saturated heterocycles. The normalized spacial score (nSPS) is 20.7. The van der Waals surface area contributed by atoms with E-state index < -0.39 is 0 Å². The number of rotatable bonds is 8. The highest BCUT2D eigenvalue weighted by atomic mass is 16.3. The fourth-order valence-corrected chi connectivity index (χ4v) is 4.07. The summed E-state index contributed by atoms with van der Waals surface area (Å²) in [4.78, 5) is 29.7. The first kappa shape index (κ1) is 20.9. The second-order valence-electron chi connectivity index (χ2n) is 9.50. The molecule has 156 valence electrons. The van der Waals surface area contributed by atoms with Gasteiger partial charge in [0.1, 0.15) is 5.76 Å². The molecule has 2 fully saturated rings. The molecule has 28 heavy (non-hydrogen) atoms. The third-order valence-electron chi connectivity index (χ3n) is 5.57. The Bertz CT molecular complexity index is 687. The van der Waals surface area contributed by atoms with Gasteiger partial charge in [0, 0.05) is 32.2 Å². The lowest BCUT2D eigenvalue weighted by Gasteiger charge is -2.41. The maximum absolute atomic E-state index is 13.1. The lowest BCUT2D eigenvalue weighted by molar-refractivity contribution is -0.142. The number of hydrogen-bond acceptors (Lipinski definition) is 4. The Labute approximate surface area is 168 Å². The number of nitrogens with zero attached hydrogens (tertiary/aromatic N) is 2. The molecule has 2 amide bonds. The smallest absolute Gasteiger partial charge is 0.239 e. The number of furan rings is 1. The van der Waals surface area contributed by atoms with Crippen molar-refractivity contribution in [3.8, 4) is 0 Å². The summed E-state index contributed by atoms with van der Waals surface area (Å²) in [6, 6.07) is 2.33. The van der Waals surface area contributed by atoms with E-state index in [0.717, 1.165) is 56.6 Å².